The zero-order valence-corrected chi connectivity index (χ0v) is 17.4. The van der Waals surface area contributed by atoms with Gasteiger partial charge in [-0.3, -0.25) is 9.89 Å². The second kappa shape index (κ2) is 9.23. The summed E-state index contributed by atoms with van der Waals surface area (Å²) in [4.78, 5) is 30.0. The van der Waals surface area contributed by atoms with E-state index in [1.54, 1.807) is 37.3 Å². The monoisotopic (exact) mass is 432 g/mol. The van der Waals surface area contributed by atoms with Crippen LogP contribution in [0.1, 0.15) is 32.9 Å². The summed E-state index contributed by atoms with van der Waals surface area (Å²) < 4.78 is 0. The van der Waals surface area contributed by atoms with E-state index in [9.17, 15) is 9.59 Å². The number of anilines is 2. The highest BCUT2D eigenvalue weighted by Gasteiger charge is 2.21. The van der Waals surface area contributed by atoms with Crippen LogP contribution in [0.2, 0.25) is 0 Å². The van der Waals surface area contributed by atoms with Crippen LogP contribution in [-0.4, -0.2) is 27.1 Å². The van der Waals surface area contributed by atoms with Gasteiger partial charge in [0, 0.05) is 11.4 Å². The minimum atomic E-state index is -0.520. The Kier molecular flexibility index (Phi) is 6.04. The van der Waals surface area contributed by atoms with Crippen LogP contribution in [0.25, 0.3) is 0 Å². The van der Waals surface area contributed by atoms with Gasteiger partial charge in [-0.2, -0.15) is 5.10 Å². The van der Waals surface area contributed by atoms with Crippen molar-refractivity contribution in [2.75, 3.05) is 10.6 Å². The van der Waals surface area contributed by atoms with Crippen molar-refractivity contribution >= 4 is 34.6 Å². The lowest BCUT2D eigenvalue weighted by atomic mass is 10.1. The minimum Gasteiger partial charge on any atom is -0.324 e. The molecule has 1 atom stereocenters. The Balaban J connectivity index is 1.46. The first-order chi connectivity index (χ1) is 15.1. The Morgan fingerprint density at radius 1 is 0.968 bits per heavy atom. The molecule has 4 rings (SSSR count). The number of H-pyrrole nitrogens is 1. The Bertz CT molecular complexity index is 1170. The fourth-order valence-corrected chi connectivity index (χ4v) is 3.62. The summed E-state index contributed by atoms with van der Waals surface area (Å²) in [7, 11) is 0. The topological polar surface area (TPSA) is 112 Å². The zero-order valence-electron chi connectivity index (χ0n) is 16.6. The van der Waals surface area contributed by atoms with E-state index in [0.717, 1.165) is 5.56 Å². The number of carbonyl (C=O) groups is 2. The first-order valence-electron chi connectivity index (χ1n) is 9.55. The molecule has 3 amide bonds. The molecular weight excluding hydrogens is 412 g/mol. The molecule has 1 unspecified atom stereocenters. The average molecular weight is 433 g/mol. The lowest BCUT2D eigenvalue weighted by Gasteiger charge is -2.17. The molecule has 0 fully saturated rings. The standard InChI is InChI=1S/C22H20N6O2S/c1-14-23-20(28-27-14)19(15-7-3-2-4-8-15)26-22(30)25-17-10-5-9-16(13-17)24-21(29)18-11-6-12-31-18/h2-13,19H,1H3,(H,24,29)(H,23,27,28)(H2,25,26,30). The summed E-state index contributed by atoms with van der Waals surface area (Å²) in [5.74, 6) is 0.934. The summed E-state index contributed by atoms with van der Waals surface area (Å²) in [6, 6.07) is 19.1. The molecule has 2 aromatic carbocycles. The highest BCUT2D eigenvalue weighted by atomic mass is 32.1. The zero-order chi connectivity index (χ0) is 21.6. The van der Waals surface area contributed by atoms with E-state index in [4.69, 9.17) is 0 Å². The van der Waals surface area contributed by atoms with Crippen LogP contribution in [0.5, 0.6) is 0 Å². The summed E-state index contributed by atoms with van der Waals surface area (Å²) >= 11 is 1.36. The van der Waals surface area contributed by atoms with Gasteiger partial charge >= 0.3 is 6.03 Å². The predicted octanol–water partition coefficient (Wildman–Crippen LogP) is 4.34. The largest absolute Gasteiger partial charge is 0.324 e. The molecule has 2 heterocycles. The van der Waals surface area contributed by atoms with Gasteiger partial charge in [0.05, 0.1) is 4.88 Å². The second-order valence-corrected chi connectivity index (χ2v) is 7.68. The van der Waals surface area contributed by atoms with Gasteiger partial charge in [0.2, 0.25) is 0 Å². The Morgan fingerprint density at radius 3 is 2.42 bits per heavy atom. The Morgan fingerprint density at radius 2 is 1.74 bits per heavy atom. The van der Waals surface area contributed by atoms with Crippen molar-refractivity contribution < 1.29 is 9.59 Å². The highest BCUT2D eigenvalue weighted by molar-refractivity contribution is 7.12. The third-order valence-corrected chi connectivity index (χ3v) is 5.27. The molecule has 0 saturated carbocycles. The minimum absolute atomic E-state index is 0.194. The Labute approximate surface area is 182 Å². The van der Waals surface area contributed by atoms with Crippen LogP contribution in [0.4, 0.5) is 16.2 Å². The number of benzene rings is 2. The molecule has 2 aromatic heterocycles. The molecule has 4 aromatic rings. The number of nitrogens with one attached hydrogen (secondary N) is 4. The van der Waals surface area contributed by atoms with E-state index in [1.165, 1.54) is 11.3 Å². The summed E-state index contributed by atoms with van der Waals surface area (Å²) in [6.45, 7) is 1.80. The van der Waals surface area contributed by atoms with Gasteiger partial charge in [0.25, 0.3) is 5.91 Å². The van der Waals surface area contributed by atoms with Crippen molar-refractivity contribution in [3.63, 3.8) is 0 Å². The lowest BCUT2D eigenvalue weighted by molar-refractivity contribution is 0.103. The van der Waals surface area contributed by atoms with E-state index in [0.29, 0.717) is 27.9 Å². The number of urea groups is 1. The smallest absolute Gasteiger partial charge is 0.320 e. The van der Waals surface area contributed by atoms with Gasteiger partial charge in [-0.1, -0.05) is 42.5 Å². The van der Waals surface area contributed by atoms with Crippen molar-refractivity contribution in [2.45, 2.75) is 13.0 Å². The van der Waals surface area contributed by atoms with Crippen LogP contribution in [0.3, 0.4) is 0 Å². The average Bonchev–Trinajstić information content (AvgIpc) is 3.45. The van der Waals surface area contributed by atoms with Crippen molar-refractivity contribution in [3.05, 3.63) is 94.2 Å². The van der Waals surface area contributed by atoms with Gasteiger partial charge in [-0.15, -0.1) is 11.3 Å². The number of thiophene rings is 1. The van der Waals surface area contributed by atoms with Crippen molar-refractivity contribution in [3.8, 4) is 0 Å². The molecule has 0 bridgehead atoms. The van der Waals surface area contributed by atoms with Gasteiger partial charge in [0.15, 0.2) is 5.82 Å². The summed E-state index contributed by atoms with van der Waals surface area (Å²) in [5, 5.41) is 17.4. The van der Waals surface area contributed by atoms with E-state index in [1.807, 2.05) is 41.8 Å². The molecule has 0 aliphatic heterocycles. The molecule has 8 nitrogen and oxygen atoms in total. The van der Waals surface area contributed by atoms with Crippen molar-refractivity contribution in [2.24, 2.45) is 0 Å². The number of rotatable bonds is 6. The normalized spacial score (nSPS) is 11.5. The maximum atomic E-state index is 12.7. The molecule has 0 aliphatic carbocycles. The maximum absolute atomic E-state index is 12.7. The van der Waals surface area contributed by atoms with Crippen LogP contribution in [0, 0.1) is 6.92 Å². The quantitative estimate of drug-likeness (QED) is 0.363. The lowest BCUT2D eigenvalue weighted by Crippen LogP contribution is -2.33. The number of nitrogens with zero attached hydrogens (tertiary/aromatic N) is 2. The second-order valence-electron chi connectivity index (χ2n) is 6.73. The number of amides is 3. The third kappa shape index (κ3) is 5.14. The van der Waals surface area contributed by atoms with Crippen molar-refractivity contribution in [1.29, 1.82) is 0 Å². The van der Waals surface area contributed by atoms with Gasteiger partial charge in [0.1, 0.15) is 11.9 Å². The van der Waals surface area contributed by atoms with E-state index in [-0.39, 0.29) is 5.91 Å². The van der Waals surface area contributed by atoms with Gasteiger partial charge < -0.3 is 16.0 Å². The molecule has 0 radical (unpaired) electrons. The van der Waals surface area contributed by atoms with E-state index in [2.05, 4.69) is 31.1 Å². The van der Waals surface area contributed by atoms with Crippen LogP contribution in [0.15, 0.2) is 72.1 Å². The number of aromatic nitrogens is 3. The van der Waals surface area contributed by atoms with Gasteiger partial charge in [-0.05, 0) is 42.1 Å². The SMILES string of the molecule is Cc1nc(C(NC(=O)Nc2cccc(NC(=O)c3cccs3)c2)c2ccccc2)n[nH]1. The first kappa shape index (κ1) is 20.3. The van der Waals surface area contributed by atoms with Gasteiger partial charge in [-0.25, -0.2) is 9.78 Å². The predicted molar refractivity (Wildman–Crippen MR) is 120 cm³/mol. The van der Waals surface area contributed by atoms with E-state index < -0.39 is 12.1 Å². The molecular formula is C22H20N6O2S. The molecule has 156 valence electrons. The molecule has 0 spiro atoms. The molecule has 0 saturated heterocycles. The molecule has 4 N–H and O–H groups in total. The molecule has 9 heteroatoms. The summed E-state index contributed by atoms with van der Waals surface area (Å²) in [5.41, 5.74) is 1.98. The number of hydrogen-bond acceptors (Lipinski definition) is 5. The van der Waals surface area contributed by atoms with E-state index >= 15 is 0 Å². The number of carbonyl (C=O) groups excluding carboxylic acids is 2. The fraction of sp³-hybridized carbons (Fsp3) is 0.0909. The maximum Gasteiger partial charge on any atom is 0.320 e. The number of aryl methyl sites for hydroxylation is 1. The first-order valence-corrected chi connectivity index (χ1v) is 10.4. The van der Waals surface area contributed by atoms with Crippen molar-refractivity contribution in [1.82, 2.24) is 20.5 Å². The number of aromatic amines is 1. The molecule has 0 aliphatic rings. The van der Waals surface area contributed by atoms with Crippen LogP contribution >= 0.6 is 11.3 Å². The Hall–Kier alpha value is -3.98. The van der Waals surface area contributed by atoms with Crippen LogP contribution < -0.4 is 16.0 Å². The summed E-state index contributed by atoms with van der Waals surface area (Å²) in [6.07, 6.45) is 0. The number of hydrogen-bond donors (Lipinski definition) is 4. The van der Waals surface area contributed by atoms with Crippen LogP contribution in [-0.2, 0) is 0 Å². The molecule has 31 heavy (non-hydrogen) atoms. The third-order valence-electron chi connectivity index (χ3n) is 4.40. The fourth-order valence-electron chi connectivity index (χ4n) is 3.00. The highest BCUT2D eigenvalue weighted by Crippen LogP contribution is 2.20.